The highest BCUT2D eigenvalue weighted by Crippen LogP contribution is 2.51. The van der Waals surface area contributed by atoms with Crippen molar-refractivity contribution in [3.63, 3.8) is 0 Å². The monoisotopic (exact) mass is 361 g/mol. The molecule has 4 rings (SSSR count). The van der Waals surface area contributed by atoms with Gasteiger partial charge in [0.2, 0.25) is 0 Å². The number of anilines is 1. The van der Waals surface area contributed by atoms with Crippen LogP contribution in [0, 0.1) is 23.7 Å². The van der Waals surface area contributed by atoms with E-state index in [1.54, 1.807) is 10.7 Å². The molecule has 0 unspecified atom stereocenters. The molecule has 1 aliphatic heterocycles. The molecule has 2 fully saturated rings. The lowest BCUT2D eigenvalue weighted by Gasteiger charge is -2.60. The van der Waals surface area contributed by atoms with Crippen molar-refractivity contribution in [3.8, 4) is 6.07 Å². The van der Waals surface area contributed by atoms with E-state index in [1.807, 2.05) is 6.92 Å². The van der Waals surface area contributed by atoms with E-state index in [0.717, 1.165) is 42.8 Å². The van der Waals surface area contributed by atoms with Gasteiger partial charge in [0.15, 0.2) is 5.82 Å². The summed E-state index contributed by atoms with van der Waals surface area (Å²) in [6.45, 7) is 3.54. The van der Waals surface area contributed by atoms with E-state index in [4.69, 9.17) is 5.14 Å². The first-order chi connectivity index (χ1) is 11.7. The minimum Gasteiger partial charge on any atom is -0.354 e. The van der Waals surface area contributed by atoms with E-state index in [-0.39, 0.29) is 11.5 Å². The van der Waals surface area contributed by atoms with Gasteiger partial charge in [0.05, 0.1) is 5.56 Å². The number of fused-ring (bicyclic) bond motifs is 1. The van der Waals surface area contributed by atoms with Gasteiger partial charge in [-0.1, -0.05) is 0 Å². The van der Waals surface area contributed by atoms with Gasteiger partial charge in [-0.25, -0.2) is 14.6 Å². The number of rotatable bonds is 3. The van der Waals surface area contributed by atoms with Crippen LogP contribution in [0.5, 0.6) is 0 Å². The van der Waals surface area contributed by atoms with E-state index in [9.17, 15) is 13.7 Å². The van der Waals surface area contributed by atoms with Crippen molar-refractivity contribution in [2.24, 2.45) is 10.6 Å². The molecular weight excluding hydrogens is 342 g/mol. The van der Waals surface area contributed by atoms with Gasteiger partial charge in [0.25, 0.3) is 10.2 Å². The Kier molecular flexibility index (Phi) is 3.34. The maximum atomic E-state index is 11.4. The Bertz CT molecular complexity index is 993. The van der Waals surface area contributed by atoms with Crippen molar-refractivity contribution in [2.75, 3.05) is 25.0 Å². The quantitative estimate of drug-likeness (QED) is 0.822. The van der Waals surface area contributed by atoms with Gasteiger partial charge in [-0.3, -0.25) is 0 Å². The van der Waals surface area contributed by atoms with Crippen LogP contribution in [0.2, 0.25) is 0 Å². The lowest BCUT2D eigenvalue weighted by atomic mass is 9.60. The number of aromatic nitrogens is 3. The number of hydrogen-bond donors (Lipinski definition) is 1. The zero-order chi connectivity index (χ0) is 18.0. The third kappa shape index (κ3) is 2.38. The predicted octanol–water partition coefficient (Wildman–Crippen LogP) is 0.0135. The van der Waals surface area contributed by atoms with Gasteiger partial charge in [0.1, 0.15) is 17.9 Å². The molecule has 0 radical (unpaired) electrons. The Morgan fingerprint density at radius 2 is 2.12 bits per heavy atom. The highest BCUT2D eigenvalue weighted by molar-refractivity contribution is 7.86. The van der Waals surface area contributed by atoms with E-state index in [0.29, 0.717) is 5.56 Å². The molecule has 0 atom stereocenters. The molecule has 10 heteroatoms. The van der Waals surface area contributed by atoms with Crippen LogP contribution in [0.1, 0.15) is 24.0 Å². The summed E-state index contributed by atoms with van der Waals surface area (Å²) in [7, 11) is -2.10. The Morgan fingerprint density at radius 1 is 1.44 bits per heavy atom. The van der Waals surface area contributed by atoms with Crippen molar-refractivity contribution in [1.29, 1.82) is 5.26 Å². The van der Waals surface area contributed by atoms with Crippen LogP contribution >= 0.6 is 0 Å². The minimum absolute atomic E-state index is 0.0252. The number of nitrogens with two attached hydrogens (primary N) is 1. The number of hydrogen-bond acceptors (Lipinski definition) is 6. The molecule has 1 saturated heterocycles. The first-order valence-electron chi connectivity index (χ1n) is 7.98. The molecule has 2 aromatic rings. The highest BCUT2D eigenvalue weighted by Gasteiger charge is 2.55. The minimum atomic E-state index is -3.63. The third-order valence-corrected chi connectivity index (χ3v) is 6.63. The smallest absolute Gasteiger partial charge is 0.276 e. The van der Waals surface area contributed by atoms with Gasteiger partial charge in [-0.2, -0.15) is 23.1 Å². The lowest BCUT2D eigenvalue weighted by Crippen LogP contribution is -2.67. The summed E-state index contributed by atoms with van der Waals surface area (Å²) >= 11 is 0. The molecular formula is C15H19N7O2S. The molecule has 9 nitrogen and oxygen atoms in total. The number of aryl methyl sites for hydroxylation is 1. The average Bonchev–Trinajstić information content (AvgIpc) is 2.80. The van der Waals surface area contributed by atoms with Crippen LogP contribution in [0.4, 0.5) is 5.82 Å². The maximum Gasteiger partial charge on any atom is 0.276 e. The van der Waals surface area contributed by atoms with Crippen molar-refractivity contribution in [2.45, 2.75) is 25.8 Å². The predicted molar refractivity (Wildman–Crippen MR) is 91.0 cm³/mol. The second-order valence-corrected chi connectivity index (χ2v) is 8.74. The topological polar surface area (TPSA) is 121 Å². The standard InChI is InChI=1S/C15H19N7O2S/c1-10-11(5-16)6-22-13(10)14(18-9-19-22)21-7-15(8-21)3-12(4-15)20(2)25(17,23)24/h6,9,12H,3-4,7-8H2,1-2H3,(H2,17,23,24). The lowest BCUT2D eigenvalue weighted by molar-refractivity contribution is 0.0207. The van der Waals surface area contributed by atoms with Crippen LogP contribution < -0.4 is 10.0 Å². The molecule has 0 amide bonds. The third-order valence-electron chi connectivity index (χ3n) is 5.53. The Hall–Kier alpha value is -2.22. The summed E-state index contributed by atoms with van der Waals surface area (Å²) in [5.41, 5.74) is 2.45. The van der Waals surface area contributed by atoms with E-state index in [1.165, 1.54) is 17.7 Å². The second kappa shape index (κ2) is 5.14. The Labute approximate surface area is 145 Å². The van der Waals surface area contributed by atoms with E-state index >= 15 is 0 Å². The Balaban J connectivity index is 1.52. The number of nitrogens with zero attached hydrogens (tertiary/aromatic N) is 6. The zero-order valence-corrected chi connectivity index (χ0v) is 14.9. The van der Waals surface area contributed by atoms with Crippen LogP contribution in [-0.4, -0.2) is 53.5 Å². The first-order valence-corrected chi connectivity index (χ1v) is 9.48. The van der Waals surface area contributed by atoms with Gasteiger partial charge in [0, 0.05) is 37.8 Å². The highest BCUT2D eigenvalue weighted by atomic mass is 32.2. The van der Waals surface area contributed by atoms with Crippen molar-refractivity contribution >= 4 is 21.5 Å². The second-order valence-electron chi connectivity index (χ2n) is 7.14. The van der Waals surface area contributed by atoms with E-state index < -0.39 is 10.2 Å². The fourth-order valence-electron chi connectivity index (χ4n) is 4.06. The summed E-state index contributed by atoms with van der Waals surface area (Å²) in [6, 6.07) is 2.15. The van der Waals surface area contributed by atoms with E-state index in [2.05, 4.69) is 21.1 Å². The summed E-state index contributed by atoms with van der Waals surface area (Å²) in [4.78, 5) is 6.58. The van der Waals surface area contributed by atoms with Crippen LogP contribution in [0.3, 0.4) is 0 Å². The molecule has 0 aromatic carbocycles. The van der Waals surface area contributed by atoms with Crippen LogP contribution in [0.15, 0.2) is 12.5 Å². The zero-order valence-electron chi connectivity index (χ0n) is 14.0. The molecule has 2 aliphatic rings. The average molecular weight is 361 g/mol. The van der Waals surface area contributed by atoms with Crippen LogP contribution in [-0.2, 0) is 10.2 Å². The normalized spacial score (nSPS) is 19.9. The number of nitriles is 1. The molecule has 2 aromatic heterocycles. The summed E-state index contributed by atoms with van der Waals surface area (Å²) < 4.78 is 25.8. The summed E-state index contributed by atoms with van der Waals surface area (Å²) in [5, 5.41) is 18.6. The molecule has 2 N–H and O–H groups in total. The van der Waals surface area contributed by atoms with Gasteiger partial charge >= 0.3 is 0 Å². The molecule has 1 aliphatic carbocycles. The van der Waals surface area contributed by atoms with Gasteiger partial charge in [-0.05, 0) is 25.3 Å². The fourth-order valence-corrected chi connectivity index (χ4v) is 4.63. The van der Waals surface area contributed by atoms with Gasteiger partial charge < -0.3 is 4.90 Å². The maximum absolute atomic E-state index is 11.4. The van der Waals surface area contributed by atoms with Crippen molar-refractivity contribution in [1.82, 2.24) is 18.9 Å². The van der Waals surface area contributed by atoms with Gasteiger partial charge in [-0.15, -0.1) is 0 Å². The summed E-state index contributed by atoms with van der Waals surface area (Å²) in [5.74, 6) is 0.822. The first kappa shape index (κ1) is 16.3. The largest absolute Gasteiger partial charge is 0.354 e. The fraction of sp³-hybridized carbons (Fsp3) is 0.533. The molecule has 1 spiro atoms. The Morgan fingerprint density at radius 3 is 2.72 bits per heavy atom. The SMILES string of the molecule is Cc1c(C#N)cn2ncnc(N3CC4(CC(N(C)S(N)(=O)=O)C4)C3)c12. The molecule has 0 bridgehead atoms. The molecule has 25 heavy (non-hydrogen) atoms. The molecule has 1 saturated carbocycles. The summed E-state index contributed by atoms with van der Waals surface area (Å²) in [6.07, 6.45) is 4.82. The van der Waals surface area contributed by atoms with Crippen molar-refractivity contribution < 1.29 is 8.42 Å². The van der Waals surface area contributed by atoms with Crippen LogP contribution in [0.25, 0.3) is 5.52 Å². The molecule has 132 valence electrons. The molecule has 3 heterocycles. The van der Waals surface area contributed by atoms with Crippen molar-refractivity contribution in [3.05, 3.63) is 23.7 Å².